The van der Waals surface area contributed by atoms with Crippen molar-refractivity contribution in [3.05, 3.63) is 29.3 Å². The van der Waals surface area contributed by atoms with Crippen LogP contribution >= 0.6 is 0 Å². The first-order valence-corrected chi connectivity index (χ1v) is 5.30. The summed E-state index contributed by atoms with van der Waals surface area (Å²) in [4.78, 5) is 11.5. The molecule has 0 radical (unpaired) electrons. The standard InChI is InChI=1S/C11H12F4N2O2/c12-7-4-8(13)9(16)3-6(7)11(18)17-1-2-19-5-10(14)15/h3-4,10H,1-2,5,16H2,(H,17,18). The largest absolute Gasteiger partial charge is 0.396 e. The van der Waals surface area contributed by atoms with Gasteiger partial charge < -0.3 is 15.8 Å². The van der Waals surface area contributed by atoms with E-state index in [0.29, 0.717) is 6.07 Å². The monoisotopic (exact) mass is 280 g/mol. The van der Waals surface area contributed by atoms with E-state index in [1.807, 2.05) is 0 Å². The first-order chi connectivity index (χ1) is 8.91. The van der Waals surface area contributed by atoms with Crippen molar-refractivity contribution in [1.29, 1.82) is 0 Å². The Hall–Kier alpha value is -1.83. The van der Waals surface area contributed by atoms with Crippen molar-refractivity contribution >= 4 is 11.6 Å². The van der Waals surface area contributed by atoms with Crippen LogP contribution in [0.2, 0.25) is 0 Å². The van der Waals surface area contributed by atoms with Crippen LogP contribution in [0.15, 0.2) is 12.1 Å². The SMILES string of the molecule is Nc1cc(C(=O)NCCOCC(F)F)c(F)cc1F. The van der Waals surface area contributed by atoms with Gasteiger partial charge in [0.15, 0.2) is 0 Å². The maximum Gasteiger partial charge on any atom is 0.261 e. The van der Waals surface area contributed by atoms with E-state index in [9.17, 15) is 22.4 Å². The number of alkyl halides is 2. The minimum absolute atomic E-state index is 0.0811. The second kappa shape index (κ2) is 6.93. The number of benzene rings is 1. The molecule has 106 valence electrons. The van der Waals surface area contributed by atoms with Crippen molar-refractivity contribution in [2.75, 3.05) is 25.5 Å². The number of rotatable bonds is 6. The van der Waals surface area contributed by atoms with Gasteiger partial charge in [-0.3, -0.25) is 4.79 Å². The molecule has 8 heteroatoms. The van der Waals surface area contributed by atoms with Crippen LogP contribution in [0.25, 0.3) is 0 Å². The lowest BCUT2D eigenvalue weighted by molar-refractivity contribution is 0.0188. The fourth-order valence-electron chi connectivity index (χ4n) is 1.24. The van der Waals surface area contributed by atoms with E-state index in [1.54, 1.807) is 0 Å². The van der Waals surface area contributed by atoms with Crippen LogP contribution in [-0.2, 0) is 4.74 Å². The Morgan fingerprint density at radius 2 is 2.00 bits per heavy atom. The van der Waals surface area contributed by atoms with Crippen LogP contribution < -0.4 is 11.1 Å². The smallest absolute Gasteiger partial charge is 0.261 e. The highest BCUT2D eigenvalue weighted by molar-refractivity contribution is 5.95. The number of hydrogen-bond donors (Lipinski definition) is 2. The maximum atomic E-state index is 13.3. The lowest BCUT2D eigenvalue weighted by atomic mass is 10.1. The Balaban J connectivity index is 2.48. The summed E-state index contributed by atoms with van der Waals surface area (Å²) in [6.07, 6.45) is -2.59. The highest BCUT2D eigenvalue weighted by Crippen LogP contribution is 2.16. The van der Waals surface area contributed by atoms with Gasteiger partial charge in [0.05, 0.1) is 17.9 Å². The summed E-state index contributed by atoms with van der Waals surface area (Å²) in [5, 5.41) is 2.23. The summed E-state index contributed by atoms with van der Waals surface area (Å²) in [6.45, 7) is -0.968. The van der Waals surface area contributed by atoms with Gasteiger partial charge in [0, 0.05) is 12.6 Å². The summed E-state index contributed by atoms with van der Waals surface area (Å²) >= 11 is 0. The molecular formula is C11H12F4N2O2. The number of nitrogens with one attached hydrogen (secondary N) is 1. The van der Waals surface area contributed by atoms with Gasteiger partial charge in [-0.15, -0.1) is 0 Å². The fourth-order valence-corrected chi connectivity index (χ4v) is 1.24. The Morgan fingerprint density at radius 1 is 1.32 bits per heavy atom. The molecule has 0 unspecified atom stereocenters. The number of carbonyl (C=O) groups is 1. The van der Waals surface area contributed by atoms with Gasteiger partial charge >= 0.3 is 0 Å². The summed E-state index contributed by atoms with van der Waals surface area (Å²) in [7, 11) is 0. The molecule has 4 nitrogen and oxygen atoms in total. The van der Waals surface area contributed by atoms with E-state index in [4.69, 9.17) is 5.73 Å². The van der Waals surface area contributed by atoms with E-state index in [0.717, 1.165) is 6.07 Å². The van der Waals surface area contributed by atoms with Crippen LogP contribution in [0.3, 0.4) is 0 Å². The number of ether oxygens (including phenoxy) is 1. The minimum Gasteiger partial charge on any atom is -0.396 e. The fraction of sp³-hybridized carbons (Fsp3) is 0.364. The van der Waals surface area contributed by atoms with Gasteiger partial charge in [0.2, 0.25) is 0 Å². The summed E-state index contributed by atoms with van der Waals surface area (Å²) in [6, 6.07) is 1.36. The van der Waals surface area contributed by atoms with Crippen LogP contribution in [-0.4, -0.2) is 32.1 Å². The van der Waals surface area contributed by atoms with Gasteiger partial charge in [-0.25, -0.2) is 17.6 Å². The van der Waals surface area contributed by atoms with Crippen LogP contribution in [0.1, 0.15) is 10.4 Å². The quantitative estimate of drug-likeness (QED) is 0.472. The predicted molar refractivity (Wildman–Crippen MR) is 59.9 cm³/mol. The van der Waals surface area contributed by atoms with E-state index in [-0.39, 0.29) is 18.8 Å². The second-order valence-corrected chi connectivity index (χ2v) is 3.58. The van der Waals surface area contributed by atoms with E-state index >= 15 is 0 Å². The van der Waals surface area contributed by atoms with Crippen LogP contribution in [0, 0.1) is 11.6 Å². The zero-order valence-corrected chi connectivity index (χ0v) is 9.76. The summed E-state index contributed by atoms with van der Waals surface area (Å²) in [5.74, 6) is -2.85. The highest BCUT2D eigenvalue weighted by atomic mass is 19.3. The minimum atomic E-state index is -2.59. The van der Waals surface area contributed by atoms with Gasteiger partial charge in [0.1, 0.15) is 18.2 Å². The second-order valence-electron chi connectivity index (χ2n) is 3.58. The molecule has 0 bridgehead atoms. The number of amides is 1. The molecule has 3 N–H and O–H groups in total. The molecule has 0 saturated heterocycles. The molecule has 0 aliphatic heterocycles. The number of hydrogen-bond acceptors (Lipinski definition) is 3. The average Bonchev–Trinajstić information content (AvgIpc) is 2.32. The van der Waals surface area contributed by atoms with Crippen molar-refractivity contribution in [3.8, 4) is 0 Å². The topological polar surface area (TPSA) is 64.4 Å². The third-order valence-corrected chi connectivity index (χ3v) is 2.11. The third-order valence-electron chi connectivity index (χ3n) is 2.11. The maximum absolute atomic E-state index is 13.3. The molecular weight excluding hydrogens is 268 g/mol. The Kier molecular flexibility index (Phi) is 5.56. The number of nitrogen functional groups attached to an aromatic ring is 1. The van der Waals surface area contributed by atoms with Gasteiger partial charge in [0.25, 0.3) is 12.3 Å². The molecule has 0 aliphatic rings. The molecule has 0 fully saturated rings. The predicted octanol–water partition coefficient (Wildman–Crippen LogP) is 1.56. The molecule has 0 spiro atoms. The molecule has 1 aromatic rings. The van der Waals surface area contributed by atoms with Gasteiger partial charge in [-0.05, 0) is 6.07 Å². The molecule has 1 amide bonds. The number of carbonyl (C=O) groups excluding carboxylic acids is 1. The van der Waals surface area contributed by atoms with Crippen LogP contribution in [0.4, 0.5) is 23.2 Å². The Morgan fingerprint density at radius 3 is 2.63 bits per heavy atom. The summed E-state index contributed by atoms with van der Waals surface area (Å²) in [5.41, 5.74) is 4.42. The lowest BCUT2D eigenvalue weighted by Gasteiger charge is -2.08. The first kappa shape index (κ1) is 15.2. The normalized spacial score (nSPS) is 10.8. The highest BCUT2D eigenvalue weighted by Gasteiger charge is 2.14. The van der Waals surface area contributed by atoms with E-state index in [2.05, 4.69) is 10.1 Å². The zero-order valence-electron chi connectivity index (χ0n) is 9.76. The van der Waals surface area contributed by atoms with Gasteiger partial charge in [-0.1, -0.05) is 0 Å². The summed E-state index contributed by atoms with van der Waals surface area (Å²) < 4.78 is 54.1. The molecule has 0 aliphatic carbocycles. The Bertz CT molecular complexity index is 455. The third kappa shape index (κ3) is 4.74. The van der Waals surface area contributed by atoms with E-state index < -0.39 is 36.1 Å². The number of nitrogens with two attached hydrogens (primary N) is 1. The lowest BCUT2D eigenvalue weighted by Crippen LogP contribution is -2.28. The zero-order chi connectivity index (χ0) is 14.4. The molecule has 1 rings (SSSR count). The first-order valence-electron chi connectivity index (χ1n) is 5.30. The molecule has 0 atom stereocenters. The molecule has 0 heterocycles. The molecule has 0 saturated carbocycles. The molecule has 0 aromatic heterocycles. The average molecular weight is 280 g/mol. The van der Waals surface area contributed by atoms with Crippen molar-refractivity contribution in [2.24, 2.45) is 0 Å². The molecule has 19 heavy (non-hydrogen) atoms. The van der Waals surface area contributed by atoms with Crippen LogP contribution in [0.5, 0.6) is 0 Å². The molecule has 1 aromatic carbocycles. The number of anilines is 1. The van der Waals surface area contributed by atoms with Gasteiger partial charge in [-0.2, -0.15) is 0 Å². The van der Waals surface area contributed by atoms with Crippen molar-refractivity contribution in [1.82, 2.24) is 5.32 Å². The number of halogens is 4. The van der Waals surface area contributed by atoms with E-state index in [1.165, 1.54) is 0 Å². The Labute approximate surface area is 106 Å². The van der Waals surface area contributed by atoms with Crippen molar-refractivity contribution < 1.29 is 27.1 Å². The van der Waals surface area contributed by atoms with Crippen molar-refractivity contribution in [2.45, 2.75) is 6.43 Å². The van der Waals surface area contributed by atoms with Crippen molar-refractivity contribution in [3.63, 3.8) is 0 Å².